The highest BCUT2D eigenvalue weighted by atomic mass is 32.2. The first kappa shape index (κ1) is 45.5. The average Bonchev–Trinajstić information content (AvgIpc) is 3.31. The van der Waals surface area contributed by atoms with E-state index < -0.39 is 81.7 Å². The molecule has 0 amide bonds. The average molecular weight is 893 g/mol. The second-order valence-electron chi connectivity index (χ2n) is 13.7. The maximum atomic E-state index is 14.1. The van der Waals surface area contributed by atoms with Gasteiger partial charge in [0.15, 0.2) is 24.4 Å². The number of ether oxygens (including phenoxy) is 4. The molecular formula is C47H40O14S2. The number of carbonyl (C=O) groups is 4. The fourth-order valence-corrected chi connectivity index (χ4v) is 7.79. The lowest BCUT2D eigenvalue weighted by molar-refractivity contribution is -0.133. The molecular weight excluding hydrogens is 853 g/mol. The van der Waals surface area contributed by atoms with Crippen molar-refractivity contribution >= 4 is 44.1 Å². The molecule has 0 aliphatic heterocycles. The molecule has 6 rings (SSSR count). The molecule has 0 unspecified atom stereocenters. The summed E-state index contributed by atoms with van der Waals surface area (Å²) in [6, 6.07) is 42.5. The van der Waals surface area contributed by atoms with E-state index in [0.29, 0.717) is 0 Å². The molecule has 6 aromatic rings. The summed E-state index contributed by atoms with van der Waals surface area (Å²) >= 11 is 0. The molecule has 0 heterocycles. The Bertz CT molecular complexity index is 2680. The second-order valence-corrected chi connectivity index (χ2v) is 16.9. The van der Waals surface area contributed by atoms with E-state index in [4.69, 9.17) is 27.3 Å². The van der Waals surface area contributed by atoms with Crippen LogP contribution in [0.25, 0.3) is 0 Å². The molecule has 0 saturated heterocycles. The van der Waals surface area contributed by atoms with Crippen molar-refractivity contribution in [1.82, 2.24) is 0 Å². The Morgan fingerprint density at radius 1 is 0.381 bits per heavy atom. The van der Waals surface area contributed by atoms with E-state index in [-0.39, 0.29) is 32.0 Å². The van der Waals surface area contributed by atoms with Crippen molar-refractivity contribution in [2.75, 3.05) is 13.2 Å². The van der Waals surface area contributed by atoms with Crippen LogP contribution in [0.4, 0.5) is 0 Å². The van der Waals surface area contributed by atoms with Crippen LogP contribution in [-0.2, 0) is 47.5 Å². The molecule has 0 aromatic heterocycles. The van der Waals surface area contributed by atoms with Gasteiger partial charge in [-0.05, 0) is 79.7 Å². The second kappa shape index (κ2) is 21.2. The first-order valence-corrected chi connectivity index (χ1v) is 22.1. The molecule has 0 radical (unpaired) electrons. The smallest absolute Gasteiger partial charge is 0.338 e. The van der Waals surface area contributed by atoms with Crippen molar-refractivity contribution < 1.29 is 63.3 Å². The number of hydrogen-bond acceptors (Lipinski definition) is 14. The highest BCUT2D eigenvalue weighted by Gasteiger charge is 2.46. The van der Waals surface area contributed by atoms with Gasteiger partial charge < -0.3 is 18.9 Å². The van der Waals surface area contributed by atoms with Crippen LogP contribution in [0.1, 0.15) is 47.0 Å². The first-order chi connectivity index (χ1) is 30.3. The molecule has 63 heavy (non-hydrogen) atoms. The highest BCUT2D eigenvalue weighted by Crippen LogP contribution is 2.26. The Hall–Kier alpha value is -6.98. The summed E-state index contributed by atoms with van der Waals surface area (Å²) in [6.45, 7) is -0.415. The van der Waals surface area contributed by atoms with Crippen molar-refractivity contribution in [3.8, 4) is 0 Å². The van der Waals surface area contributed by atoms with Gasteiger partial charge in [0, 0.05) is 0 Å². The van der Waals surface area contributed by atoms with Gasteiger partial charge in [-0.3, -0.25) is 8.37 Å². The van der Waals surface area contributed by atoms with Crippen molar-refractivity contribution in [2.24, 2.45) is 0 Å². The molecule has 16 heteroatoms. The van der Waals surface area contributed by atoms with Gasteiger partial charge in [-0.15, -0.1) is 0 Å². The van der Waals surface area contributed by atoms with Crippen LogP contribution in [0.15, 0.2) is 186 Å². The minimum Gasteiger partial charge on any atom is -0.452 e. The van der Waals surface area contributed by atoms with Crippen LogP contribution >= 0.6 is 0 Å². The first-order valence-electron chi connectivity index (χ1n) is 19.3. The molecule has 0 aliphatic carbocycles. The Balaban J connectivity index is 1.52. The Morgan fingerprint density at radius 2 is 0.651 bits per heavy atom. The molecule has 324 valence electrons. The van der Waals surface area contributed by atoms with Gasteiger partial charge in [0.25, 0.3) is 20.2 Å². The zero-order valence-electron chi connectivity index (χ0n) is 33.5. The third kappa shape index (κ3) is 12.5. The molecule has 4 atom stereocenters. The van der Waals surface area contributed by atoms with Gasteiger partial charge in [-0.1, -0.05) is 109 Å². The molecule has 0 N–H and O–H groups in total. The van der Waals surface area contributed by atoms with E-state index in [1.807, 2.05) is 0 Å². The van der Waals surface area contributed by atoms with Crippen molar-refractivity contribution in [3.05, 3.63) is 204 Å². The number of benzene rings is 6. The molecule has 6 aromatic carbocycles. The quantitative estimate of drug-likeness (QED) is 0.0458. The highest BCUT2D eigenvalue weighted by molar-refractivity contribution is 7.87. The summed E-state index contributed by atoms with van der Waals surface area (Å²) in [5.41, 5.74) is 0.570. The van der Waals surface area contributed by atoms with Gasteiger partial charge in [0.2, 0.25) is 0 Å². The molecule has 0 saturated carbocycles. The van der Waals surface area contributed by atoms with E-state index in [1.165, 1.54) is 146 Å². The summed E-state index contributed by atoms with van der Waals surface area (Å²) in [7, 11) is -9.27. The zero-order valence-corrected chi connectivity index (χ0v) is 35.1. The van der Waals surface area contributed by atoms with Gasteiger partial charge in [0.1, 0.15) is 13.2 Å². The molecule has 0 spiro atoms. The minimum atomic E-state index is -4.64. The van der Waals surface area contributed by atoms with Gasteiger partial charge in [-0.2, -0.15) is 16.8 Å². The van der Waals surface area contributed by atoms with Crippen LogP contribution in [0.2, 0.25) is 0 Å². The van der Waals surface area contributed by atoms with Crippen LogP contribution in [0, 0.1) is 6.92 Å². The maximum Gasteiger partial charge on any atom is 0.338 e. The van der Waals surface area contributed by atoms with Crippen LogP contribution in [0.3, 0.4) is 0 Å². The Kier molecular flexibility index (Phi) is 15.3. The molecule has 0 fully saturated rings. The molecule has 0 bridgehead atoms. The standard InChI is InChI=1S/C47H40O14S2/c1-33-27-29-39(30-28-33)63(54,55)57-32-41(59-45(49)35-19-9-3-10-20-35)43(61-47(51)37-23-13-5-14-24-37)42(60-46(50)36-21-11-4-12-22-36)40(58-44(48)34-17-7-2-8-18-34)31-56-62(52,53)38-25-15-6-16-26-38/h2-30,40-43H,31-32H2,1H3/t40-,41-,42+,43-/m0/s1. The van der Waals surface area contributed by atoms with Gasteiger partial charge in [-0.25, -0.2) is 19.2 Å². The zero-order chi connectivity index (χ0) is 44.8. The summed E-state index contributed by atoms with van der Waals surface area (Å²) in [4.78, 5) is 55.4. The lowest BCUT2D eigenvalue weighted by Gasteiger charge is -2.35. The van der Waals surface area contributed by atoms with Crippen LogP contribution in [-0.4, -0.2) is 78.3 Å². The summed E-state index contributed by atoms with van der Waals surface area (Å²) in [5, 5.41) is 0. The summed E-state index contributed by atoms with van der Waals surface area (Å²) < 4.78 is 89.4. The molecule has 14 nitrogen and oxygen atoms in total. The van der Waals surface area contributed by atoms with Gasteiger partial charge in [0.05, 0.1) is 32.0 Å². The van der Waals surface area contributed by atoms with E-state index in [0.717, 1.165) is 5.56 Å². The third-order valence-electron chi connectivity index (χ3n) is 9.21. The van der Waals surface area contributed by atoms with Crippen molar-refractivity contribution in [3.63, 3.8) is 0 Å². The summed E-state index contributed by atoms with van der Waals surface area (Å²) in [6.07, 6.45) is -8.29. The fraction of sp³-hybridized carbons (Fsp3) is 0.149. The monoisotopic (exact) mass is 892 g/mol. The lowest BCUT2D eigenvalue weighted by atomic mass is 10.0. The number of aryl methyl sites for hydroxylation is 1. The topological polar surface area (TPSA) is 192 Å². The number of esters is 4. The van der Waals surface area contributed by atoms with Crippen LogP contribution < -0.4 is 0 Å². The predicted octanol–water partition coefficient (Wildman–Crippen LogP) is 7.01. The summed E-state index contributed by atoms with van der Waals surface area (Å²) in [5.74, 6) is -4.33. The Morgan fingerprint density at radius 3 is 0.968 bits per heavy atom. The number of hydrogen-bond donors (Lipinski definition) is 0. The van der Waals surface area contributed by atoms with Crippen LogP contribution in [0.5, 0.6) is 0 Å². The molecule has 0 aliphatic rings. The van der Waals surface area contributed by atoms with Crippen molar-refractivity contribution in [1.29, 1.82) is 0 Å². The predicted molar refractivity (Wildman–Crippen MR) is 226 cm³/mol. The third-order valence-corrected chi connectivity index (χ3v) is 11.8. The maximum absolute atomic E-state index is 14.1. The van der Waals surface area contributed by atoms with Gasteiger partial charge >= 0.3 is 23.9 Å². The van der Waals surface area contributed by atoms with Crippen molar-refractivity contribution in [2.45, 2.75) is 41.1 Å². The van der Waals surface area contributed by atoms with E-state index in [9.17, 15) is 36.0 Å². The minimum absolute atomic E-state index is 0.0285. The van der Waals surface area contributed by atoms with E-state index >= 15 is 0 Å². The lowest BCUT2D eigenvalue weighted by Crippen LogP contribution is -2.54. The largest absolute Gasteiger partial charge is 0.452 e. The fourth-order valence-electron chi connectivity index (χ4n) is 5.93. The number of rotatable bonds is 19. The number of carbonyl (C=O) groups excluding carboxylic acids is 4. The van der Waals surface area contributed by atoms with E-state index in [1.54, 1.807) is 37.3 Å². The SMILES string of the molecule is Cc1ccc(S(=O)(=O)OC[C@H](OC(=O)c2ccccc2)[C@H](OC(=O)c2ccccc2)[C@H](OC(=O)c2ccccc2)[C@H](COS(=O)(=O)c2ccccc2)OC(=O)c2ccccc2)cc1. The Labute approximate surface area is 364 Å². The van der Waals surface area contributed by atoms with E-state index in [2.05, 4.69) is 0 Å². The normalized spacial score (nSPS) is 13.3.